The van der Waals surface area contributed by atoms with Crippen molar-refractivity contribution in [3.63, 3.8) is 0 Å². The minimum atomic E-state index is -1.10. The number of likely N-dealkylation sites (tertiary alicyclic amines) is 1. The van der Waals surface area contributed by atoms with Crippen LogP contribution in [-0.4, -0.2) is 119 Å². The molecule has 2 aliphatic rings. The van der Waals surface area contributed by atoms with E-state index in [1.165, 1.54) is 11.9 Å². The molecule has 0 unspecified atom stereocenters. The highest BCUT2D eigenvalue weighted by Gasteiger charge is 2.40. The van der Waals surface area contributed by atoms with Crippen molar-refractivity contribution in [2.75, 3.05) is 33.2 Å². The Labute approximate surface area is 394 Å². The molecule has 1 saturated carbocycles. The summed E-state index contributed by atoms with van der Waals surface area (Å²) in [5.74, 6) is -2.28. The van der Waals surface area contributed by atoms with Crippen molar-refractivity contribution in [2.45, 2.75) is 129 Å². The first-order chi connectivity index (χ1) is 32.0. The highest BCUT2D eigenvalue weighted by molar-refractivity contribution is 5.91. The molecule has 67 heavy (non-hydrogen) atoms. The predicted octanol–water partition coefficient (Wildman–Crippen LogP) is 6.89. The summed E-state index contributed by atoms with van der Waals surface area (Å²) >= 11 is 0. The van der Waals surface area contributed by atoms with Crippen LogP contribution in [0.2, 0.25) is 0 Å². The quantitative estimate of drug-likeness (QED) is 0.0835. The van der Waals surface area contributed by atoms with Crippen LogP contribution in [-0.2, 0) is 57.8 Å². The lowest BCUT2D eigenvalue weighted by Gasteiger charge is -2.37. The van der Waals surface area contributed by atoms with Gasteiger partial charge in [-0.2, -0.15) is 0 Å². The van der Waals surface area contributed by atoms with Gasteiger partial charge < -0.3 is 39.8 Å². The van der Waals surface area contributed by atoms with Crippen LogP contribution < -0.4 is 10.6 Å². The molecule has 5 rings (SSSR count). The van der Waals surface area contributed by atoms with Crippen LogP contribution in [0.15, 0.2) is 91.0 Å². The first-order valence-corrected chi connectivity index (χ1v) is 23.2. The number of hydrogen-bond acceptors (Lipinski definition) is 10. The maximum atomic E-state index is 14.5. The minimum absolute atomic E-state index is 0.00684. The maximum absolute atomic E-state index is 14.5. The third-order valence-electron chi connectivity index (χ3n) is 11.7. The molecular formula is C51H69N5O11. The molecule has 0 spiro atoms. The average molecular weight is 928 g/mol. The van der Waals surface area contributed by atoms with E-state index in [0.29, 0.717) is 26.1 Å². The van der Waals surface area contributed by atoms with Crippen molar-refractivity contribution in [3.05, 3.63) is 108 Å². The van der Waals surface area contributed by atoms with Crippen molar-refractivity contribution < 1.29 is 52.9 Å². The number of likely N-dealkylation sites (N-methyl/N-ethyl adjacent to an activating group) is 1. The SMILES string of the molecule is C[C@@H](C(=O)N[C@H](C(=O)N1CCC[C@H]1CN(CCc1ccccc1)C(=O)CCC(=O)OCc1ccccc1)C1CCCCC1)N(C)C(=O)OC(C)(C)C.O=C(O)CNC(=O)OCc1ccccc1. The number of aliphatic carboxylic acids is 1. The molecule has 3 aromatic rings. The Morgan fingerprint density at radius 1 is 0.761 bits per heavy atom. The van der Waals surface area contributed by atoms with Gasteiger partial charge in [-0.3, -0.25) is 28.9 Å². The molecule has 1 saturated heterocycles. The lowest BCUT2D eigenvalue weighted by molar-refractivity contribution is -0.147. The fourth-order valence-electron chi connectivity index (χ4n) is 7.87. The van der Waals surface area contributed by atoms with Crippen LogP contribution in [0.1, 0.15) is 102 Å². The van der Waals surface area contributed by atoms with E-state index in [1.54, 1.807) is 32.6 Å². The van der Waals surface area contributed by atoms with Crippen molar-refractivity contribution in [1.82, 2.24) is 25.3 Å². The summed E-state index contributed by atoms with van der Waals surface area (Å²) in [7, 11) is 1.52. The minimum Gasteiger partial charge on any atom is -0.480 e. The molecule has 3 atom stereocenters. The number of benzene rings is 3. The second-order valence-electron chi connectivity index (χ2n) is 18.0. The van der Waals surface area contributed by atoms with Crippen molar-refractivity contribution >= 4 is 41.8 Å². The number of carbonyl (C=O) groups is 7. The third kappa shape index (κ3) is 19.1. The first kappa shape index (κ1) is 53.2. The smallest absolute Gasteiger partial charge is 0.410 e. The Kier molecular flexibility index (Phi) is 21.6. The summed E-state index contributed by atoms with van der Waals surface area (Å²) in [4.78, 5) is 93.1. The Morgan fingerprint density at radius 2 is 1.33 bits per heavy atom. The number of nitrogens with zero attached hydrogens (tertiary/aromatic N) is 3. The number of amides is 5. The zero-order valence-electron chi connectivity index (χ0n) is 39.7. The molecule has 3 N–H and O–H groups in total. The van der Waals surface area contributed by atoms with E-state index in [0.717, 1.165) is 61.6 Å². The predicted molar refractivity (Wildman–Crippen MR) is 251 cm³/mol. The van der Waals surface area contributed by atoms with Gasteiger partial charge in [-0.1, -0.05) is 110 Å². The molecule has 0 aromatic heterocycles. The number of ether oxygens (including phenoxy) is 3. The van der Waals surface area contributed by atoms with Gasteiger partial charge in [0.05, 0.1) is 6.42 Å². The summed E-state index contributed by atoms with van der Waals surface area (Å²) in [6.07, 6.45) is 5.48. The van der Waals surface area contributed by atoms with Gasteiger partial charge in [0.25, 0.3) is 0 Å². The fraction of sp³-hybridized carbons (Fsp3) is 0.510. The van der Waals surface area contributed by atoms with E-state index < -0.39 is 54.3 Å². The van der Waals surface area contributed by atoms with Gasteiger partial charge in [-0.05, 0) is 82.4 Å². The number of rotatable bonds is 19. The van der Waals surface area contributed by atoms with Crippen molar-refractivity contribution in [1.29, 1.82) is 0 Å². The highest BCUT2D eigenvalue weighted by Crippen LogP contribution is 2.30. The largest absolute Gasteiger partial charge is 0.480 e. The molecule has 0 radical (unpaired) electrons. The van der Waals surface area contributed by atoms with E-state index in [-0.39, 0.29) is 49.8 Å². The Morgan fingerprint density at radius 3 is 1.90 bits per heavy atom. The van der Waals surface area contributed by atoms with Crippen LogP contribution in [0, 0.1) is 5.92 Å². The normalized spacial score (nSPS) is 15.7. The van der Waals surface area contributed by atoms with Crippen LogP contribution >= 0.6 is 0 Å². The molecule has 2 fully saturated rings. The van der Waals surface area contributed by atoms with Crippen molar-refractivity contribution in [2.24, 2.45) is 5.92 Å². The molecular weight excluding hydrogens is 859 g/mol. The molecule has 3 aromatic carbocycles. The maximum Gasteiger partial charge on any atom is 0.410 e. The topological polar surface area (TPSA) is 201 Å². The number of carboxylic acids is 1. The lowest BCUT2D eigenvalue weighted by atomic mass is 9.83. The van der Waals surface area contributed by atoms with E-state index >= 15 is 0 Å². The fourth-order valence-corrected chi connectivity index (χ4v) is 7.87. The molecule has 1 aliphatic heterocycles. The van der Waals surface area contributed by atoms with Gasteiger partial charge >= 0.3 is 24.1 Å². The van der Waals surface area contributed by atoms with Gasteiger partial charge in [-0.25, -0.2) is 9.59 Å². The zero-order chi connectivity index (χ0) is 48.8. The third-order valence-corrected chi connectivity index (χ3v) is 11.7. The van der Waals surface area contributed by atoms with E-state index in [4.69, 9.17) is 19.3 Å². The molecule has 1 aliphatic carbocycles. The molecule has 16 heteroatoms. The van der Waals surface area contributed by atoms with Crippen LogP contribution in [0.5, 0.6) is 0 Å². The Hall–Kier alpha value is -6.45. The van der Waals surface area contributed by atoms with Gasteiger partial charge in [0.2, 0.25) is 17.7 Å². The van der Waals surface area contributed by atoms with Crippen LogP contribution in [0.25, 0.3) is 0 Å². The first-order valence-electron chi connectivity index (χ1n) is 23.2. The molecule has 0 bridgehead atoms. The van der Waals surface area contributed by atoms with Gasteiger partial charge in [-0.15, -0.1) is 0 Å². The van der Waals surface area contributed by atoms with E-state index in [2.05, 4.69) is 10.6 Å². The summed E-state index contributed by atoms with van der Waals surface area (Å²) in [6, 6.07) is 26.6. The van der Waals surface area contributed by atoms with E-state index in [9.17, 15) is 33.6 Å². The lowest BCUT2D eigenvalue weighted by Crippen LogP contribution is -2.58. The van der Waals surface area contributed by atoms with Gasteiger partial charge in [0.15, 0.2) is 0 Å². The monoisotopic (exact) mass is 927 g/mol. The van der Waals surface area contributed by atoms with Gasteiger partial charge in [0.1, 0.15) is 37.4 Å². The molecule has 5 amide bonds. The number of hydrogen-bond donors (Lipinski definition) is 3. The second kappa shape index (κ2) is 27.3. The van der Waals surface area contributed by atoms with E-state index in [1.807, 2.05) is 95.9 Å². The zero-order valence-corrected chi connectivity index (χ0v) is 39.7. The van der Waals surface area contributed by atoms with Crippen molar-refractivity contribution in [3.8, 4) is 0 Å². The number of nitrogens with one attached hydrogen (secondary N) is 2. The molecule has 1 heterocycles. The molecule has 16 nitrogen and oxygen atoms in total. The Bertz CT molecular complexity index is 2040. The van der Waals surface area contributed by atoms with Crippen LogP contribution in [0.3, 0.4) is 0 Å². The summed E-state index contributed by atoms with van der Waals surface area (Å²) in [6.45, 7) is 8.09. The highest BCUT2D eigenvalue weighted by atomic mass is 16.6. The number of esters is 1. The molecule has 364 valence electrons. The second-order valence-corrected chi connectivity index (χ2v) is 18.0. The average Bonchev–Trinajstić information content (AvgIpc) is 3.80. The number of alkyl carbamates (subject to hydrolysis) is 1. The Balaban J connectivity index is 0.000000554. The number of carbonyl (C=O) groups excluding carboxylic acids is 6. The standard InChI is InChI=1S/C41H58N4O7.C10H11NO4/c1-30(43(5)40(50)52-41(2,3)4)38(48)42-37(33-20-13-8-14-21-33)39(49)45-26-15-22-34(45)28-44(27-25-31-16-9-6-10-17-31)35(46)23-24-36(47)51-29-32-18-11-7-12-19-32;12-9(13)6-11-10(14)15-7-8-4-2-1-3-5-8/h6-7,9-12,16-19,30,33-34,37H,8,13-15,20-29H2,1-5H3,(H,42,48);1-5H,6-7H2,(H,11,14)(H,12,13)/t30-,34-,37-;/m0./s1. The van der Waals surface area contributed by atoms with Crippen LogP contribution in [0.4, 0.5) is 9.59 Å². The number of carboxylic acid groups (broad SMARTS) is 1. The summed E-state index contributed by atoms with van der Waals surface area (Å²) in [5, 5.41) is 13.4. The summed E-state index contributed by atoms with van der Waals surface area (Å²) < 4.78 is 15.7. The summed E-state index contributed by atoms with van der Waals surface area (Å²) in [5.41, 5.74) is 2.11. The van der Waals surface area contributed by atoms with Gasteiger partial charge in [0, 0.05) is 39.1 Å².